The van der Waals surface area contributed by atoms with Crippen molar-refractivity contribution in [2.45, 2.75) is 31.1 Å². The molecule has 2 heterocycles. The summed E-state index contributed by atoms with van der Waals surface area (Å²) in [5.41, 5.74) is 3.16. The molecule has 3 nitrogen and oxygen atoms in total. The first-order valence-corrected chi connectivity index (χ1v) is 11.0. The van der Waals surface area contributed by atoms with E-state index in [0.29, 0.717) is 5.92 Å². The second-order valence-electron chi connectivity index (χ2n) is 8.14. The second kappa shape index (κ2) is 8.16. The average molecular weight is 418 g/mol. The maximum Gasteiger partial charge on any atom is 0.234 e. The Labute approximate surface area is 182 Å². The molecule has 0 spiro atoms. The minimum atomic E-state index is -0.324. The number of halogens is 1. The van der Waals surface area contributed by atoms with Crippen LogP contribution in [-0.4, -0.2) is 23.9 Å². The molecule has 0 saturated carbocycles. The highest BCUT2D eigenvalue weighted by Crippen LogP contribution is 2.45. The lowest BCUT2D eigenvalue weighted by Gasteiger charge is -2.33. The van der Waals surface area contributed by atoms with Gasteiger partial charge in [0.2, 0.25) is 5.91 Å². The van der Waals surface area contributed by atoms with Crippen LogP contribution in [0.5, 0.6) is 11.5 Å². The predicted octanol–water partition coefficient (Wildman–Crippen LogP) is 6.37. The predicted molar refractivity (Wildman–Crippen MR) is 119 cm³/mol. The lowest BCUT2D eigenvalue weighted by Crippen LogP contribution is -2.38. The van der Waals surface area contributed by atoms with Crippen LogP contribution in [0.2, 0.25) is 5.02 Å². The summed E-state index contributed by atoms with van der Waals surface area (Å²) in [5, 5.41) is 0.746. The smallest absolute Gasteiger partial charge is 0.234 e. The number of hydrogen-bond donors (Lipinski definition) is 0. The number of hydrogen-bond acceptors (Lipinski definition) is 2. The van der Waals surface area contributed by atoms with E-state index in [-0.39, 0.29) is 11.8 Å². The Morgan fingerprint density at radius 3 is 2.17 bits per heavy atom. The molecule has 0 aliphatic carbocycles. The van der Waals surface area contributed by atoms with Gasteiger partial charge in [-0.1, -0.05) is 66.6 Å². The number of para-hydroxylation sites is 2. The van der Waals surface area contributed by atoms with Crippen molar-refractivity contribution in [3.05, 3.63) is 94.5 Å². The van der Waals surface area contributed by atoms with Crippen LogP contribution in [0.4, 0.5) is 0 Å². The zero-order valence-electron chi connectivity index (χ0n) is 16.8. The Kier molecular flexibility index (Phi) is 5.22. The van der Waals surface area contributed by atoms with Gasteiger partial charge in [-0.15, -0.1) is 0 Å². The van der Waals surface area contributed by atoms with Gasteiger partial charge in [0.1, 0.15) is 11.5 Å². The van der Waals surface area contributed by atoms with E-state index in [0.717, 1.165) is 60.0 Å². The van der Waals surface area contributed by atoms with E-state index in [9.17, 15) is 4.79 Å². The zero-order chi connectivity index (χ0) is 20.5. The number of benzene rings is 3. The third-order valence-electron chi connectivity index (χ3n) is 6.25. The molecule has 152 valence electrons. The molecule has 3 aromatic carbocycles. The molecule has 30 heavy (non-hydrogen) atoms. The van der Waals surface area contributed by atoms with Crippen molar-refractivity contribution in [3.8, 4) is 11.5 Å². The Bertz CT molecular complexity index is 1020. The first-order valence-electron chi connectivity index (χ1n) is 10.6. The van der Waals surface area contributed by atoms with Crippen LogP contribution >= 0.6 is 11.6 Å². The highest BCUT2D eigenvalue weighted by Gasteiger charge is 2.36. The molecule has 1 saturated heterocycles. The fraction of sp³-hybridized carbons (Fsp3) is 0.269. The van der Waals surface area contributed by atoms with Gasteiger partial charge in [-0.25, -0.2) is 0 Å². The molecule has 0 aromatic heterocycles. The summed E-state index contributed by atoms with van der Waals surface area (Å²) < 4.78 is 6.09. The third kappa shape index (κ3) is 3.59. The Balaban J connectivity index is 1.48. The largest absolute Gasteiger partial charge is 0.457 e. The molecule has 1 amide bonds. The van der Waals surface area contributed by atoms with Gasteiger partial charge in [-0.2, -0.15) is 0 Å². The van der Waals surface area contributed by atoms with Gasteiger partial charge in [0.15, 0.2) is 0 Å². The van der Waals surface area contributed by atoms with Gasteiger partial charge < -0.3 is 9.64 Å². The fourth-order valence-electron chi connectivity index (χ4n) is 4.71. The minimum Gasteiger partial charge on any atom is -0.457 e. The van der Waals surface area contributed by atoms with Crippen molar-refractivity contribution in [2.24, 2.45) is 0 Å². The number of carbonyl (C=O) groups excluding carboxylic acids is 1. The van der Waals surface area contributed by atoms with Gasteiger partial charge in [0.05, 0.1) is 5.92 Å². The first kappa shape index (κ1) is 19.2. The summed E-state index contributed by atoms with van der Waals surface area (Å²) in [6, 6.07) is 23.9. The van der Waals surface area contributed by atoms with Crippen molar-refractivity contribution in [1.29, 1.82) is 0 Å². The van der Waals surface area contributed by atoms with Crippen LogP contribution in [0.3, 0.4) is 0 Å². The van der Waals surface area contributed by atoms with E-state index >= 15 is 0 Å². The van der Waals surface area contributed by atoms with E-state index in [1.54, 1.807) is 0 Å². The Morgan fingerprint density at radius 1 is 0.867 bits per heavy atom. The number of rotatable bonds is 2. The van der Waals surface area contributed by atoms with Gasteiger partial charge in [-0.05, 0) is 42.7 Å². The van der Waals surface area contributed by atoms with Crippen molar-refractivity contribution >= 4 is 17.5 Å². The summed E-state index contributed by atoms with van der Waals surface area (Å²) in [7, 11) is 0. The quantitative estimate of drug-likeness (QED) is 0.484. The summed E-state index contributed by atoms with van der Waals surface area (Å²) in [6.07, 6.45) is 3.24. The number of ether oxygens (including phenoxy) is 1. The standard InChI is InChI=1S/C26H24ClNO2/c27-20-14-12-18(13-15-20)19-7-5-6-16-28(17-19)26(29)25-21-8-1-3-10-23(21)30-24-11-4-2-9-22(24)25/h1-4,8-15,19,25H,5-7,16-17H2. The molecule has 2 aliphatic rings. The number of nitrogens with zero attached hydrogens (tertiary/aromatic N) is 1. The van der Waals surface area contributed by atoms with E-state index in [2.05, 4.69) is 17.0 Å². The molecule has 0 radical (unpaired) electrons. The number of carbonyl (C=O) groups is 1. The van der Waals surface area contributed by atoms with Gasteiger partial charge in [0.25, 0.3) is 0 Å². The molecule has 3 aromatic rings. The van der Waals surface area contributed by atoms with Crippen LogP contribution in [0.25, 0.3) is 0 Å². The minimum absolute atomic E-state index is 0.166. The summed E-state index contributed by atoms with van der Waals surface area (Å²) in [6.45, 7) is 1.53. The maximum atomic E-state index is 13.9. The number of fused-ring (bicyclic) bond motifs is 2. The van der Waals surface area contributed by atoms with Crippen LogP contribution in [0.15, 0.2) is 72.8 Å². The second-order valence-corrected chi connectivity index (χ2v) is 8.58. The van der Waals surface area contributed by atoms with E-state index in [4.69, 9.17) is 16.3 Å². The number of likely N-dealkylation sites (tertiary alicyclic amines) is 1. The van der Waals surface area contributed by atoms with E-state index in [1.165, 1.54) is 5.56 Å². The highest BCUT2D eigenvalue weighted by atomic mass is 35.5. The molecule has 5 rings (SSSR count). The van der Waals surface area contributed by atoms with E-state index in [1.807, 2.05) is 60.7 Å². The normalized spacial score (nSPS) is 18.7. The molecular formula is C26H24ClNO2. The van der Waals surface area contributed by atoms with Crippen LogP contribution < -0.4 is 4.74 Å². The summed E-state index contributed by atoms with van der Waals surface area (Å²) >= 11 is 6.08. The molecule has 2 aliphatic heterocycles. The van der Waals surface area contributed by atoms with Gasteiger partial charge >= 0.3 is 0 Å². The molecule has 1 atom stereocenters. The molecule has 0 N–H and O–H groups in total. The molecule has 0 bridgehead atoms. The lowest BCUT2D eigenvalue weighted by molar-refractivity contribution is -0.132. The molecule has 1 unspecified atom stereocenters. The molecule has 1 fully saturated rings. The monoisotopic (exact) mass is 417 g/mol. The fourth-order valence-corrected chi connectivity index (χ4v) is 4.83. The van der Waals surface area contributed by atoms with E-state index < -0.39 is 0 Å². The van der Waals surface area contributed by atoms with Crippen molar-refractivity contribution in [1.82, 2.24) is 4.90 Å². The van der Waals surface area contributed by atoms with Crippen LogP contribution in [0, 0.1) is 0 Å². The molecule has 4 heteroatoms. The highest BCUT2D eigenvalue weighted by molar-refractivity contribution is 6.30. The van der Waals surface area contributed by atoms with Crippen molar-refractivity contribution in [3.63, 3.8) is 0 Å². The van der Waals surface area contributed by atoms with Gasteiger partial charge in [-0.3, -0.25) is 4.79 Å². The lowest BCUT2D eigenvalue weighted by atomic mass is 9.86. The van der Waals surface area contributed by atoms with Crippen LogP contribution in [0.1, 0.15) is 47.8 Å². The summed E-state index contributed by atoms with van der Waals surface area (Å²) in [5.74, 6) is 1.73. The Morgan fingerprint density at radius 2 is 1.50 bits per heavy atom. The maximum absolute atomic E-state index is 13.9. The SMILES string of the molecule is O=C(C1c2ccccc2Oc2ccccc21)N1CCCCC(c2ccc(Cl)cc2)C1. The topological polar surface area (TPSA) is 29.5 Å². The average Bonchev–Trinajstić information content (AvgIpc) is 3.04. The third-order valence-corrected chi connectivity index (χ3v) is 6.50. The Hall–Kier alpha value is -2.78. The number of amides is 1. The van der Waals surface area contributed by atoms with Crippen LogP contribution in [-0.2, 0) is 4.79 Å². The molecular weight excluding hydrogens is 394 g/mol. The summed E-state index contributed by atoms with van der Waals surface area (Å²) in [4.78, 5) is 16.0. The first-order chi connectivity index (χ1) is 14.7. The van der Waals surface area contributed by atoms with Gasteiger partial charge in [0, 0.05) is 35.2 Å². The van der Waals surface area contributed by atoms with Crippen molar-refractivity contribution < 1.29 is 9.53 Å². The zero-order valence-corrected chi connectivity index (χ0v) is 17.5. The van der Waals surface area contributed by atoms with Crippen molar-refractivity contribution in [2.75, 3.05) is 13.1 Å².